The lowest BCUT2D eigenvalue weighted by atomic mass is 10.2. The van der Waals surface area contributed by atoms with Crippen LogP contribution in [-0.2, 0) is 11.2 Å². The van der Waals surface area contributed by atoms with Gasteiger partial charge in [-0.15, -0.1) is 11.3 Å². The van der Waals surface area contributed by atoms with E-state index in [0.29, 0.717) is 29.4 Å². The largest absolute Gasteiger partial charge is 0.353 e. The maximum Gasteiger partial charge on any atom is 0.228 e. The van der Waals surface area contributed by atoms with E-state index in [0.717, 1.165) is 18.9 Å². The number of rotatable bonds is 4. The number of nitrogens with zero attached hydrogens (tertiary/aromatic N) is 4. The summed E-state index contributed by atoms with van der Waals surface area (Å²) in [6, 6.07) is 12.4. The third-order valence-corrected chi connectivity index (χ3v) is 5.52. The zero-order valence-electron chi connectivity index (χ0n) is 14.7. The van der Waals surface area contributed by atoms with Gasteiger partial charge in [-0.2, -0.15) is 0 Å². The van der Waals surface area contributed by atoms with E-state index < -0.39 is 0 Å². The molecule has 0 N–H and O–H groups in total. The van der Waals surface area contributed by atoms with Gasteiger partial charge in [-0.3, -0.25) is 4.79 Å². The van der Waals surface area contributed by atoms with E-state index in [4.69, 9.17) is 0 Å². The van der Waals surface area contributed by atoms with Gasteiger partial charge in [0, 0.05) is 43.3 Å². The van der Waals surface area contributed by atoms with Crippen molar-refractivity contribution >= 4 is 23.1 Å². The molecule has 0 bridgehead atoms. The summed E-state index contributed by atoms with van der Waals surface area (Å²) in [6.07, 6.45) is 2.02. The highest BCUT2D eigenvalue weighted by atomic mass is 32.1. The molecule has 0 aliphatic carbocycles. The summed E-state index contributed by atoms with van der Waals surface area (Å²) in [7, 11) is 0. The zero-order chi connectivity index (χ0) is 18.6. The van der Waals surface area contributed by atoms with Crippen LogP contribution in [-0.4, -0.2) is 47.0 Å². The fraction of sp³-hybridized carbons (Fsp3) is 0.250. The Kier molecular flexibility index (Phi) is 5.11. The van der Waals surface area contributed by atoms with Crippen LogP contribution in [0.5, 0.6) is 0 Å². The predicted molar refractivity (Wildman–Crippen MR) is 104 cm³/mol. The number of thiazole rings is 1. The lowest BCUT2D eigenvalue weighted by molar-refractivity contribution is -0.130. The zero-order valence-corrected chi connectivity index (χ0v) is 15.5. The third kappa shape index (κ3) is 3.98. The predicted octanol–water partition coefficient (Wildman–Crippen LogP) is 3.24. The van der Waals surface area contributed by atoms with E-state index in [2.05, 4.69) is 14.9 Å². The van der Waals surface area contributed by atoms with Crippen molar-refractivity contribution in [3.63, 3.8) is 0 Å². The maximum atomic E-state index is 13.9. The quantitative estimate of drug-likeness (QED) is 0.695. The summed E-state index contributed by atoms with van der Waals surface area (Å²) in [6.45, 7) is 2.86. The molecule has 3 aromatic rings. The standard InChI is InChI=1S/C20H19FN4OS/c21-17-6-2-1-5-16(17)20-23-15(14-27-20)13-19(26)25-11-9-24(10-12-25)18-7-3-4-8-22-18/h1-8,14H,9-13H2. The molecule has 1 aromatic carbocycles. The van der Waals surface area contributed by atoms with Crippen LogP contribution in [0.25, 0.3) is 10.6 Å². The van der Waals surface area contributed by atoms with Crippen LogP contribution in [0, 0.1) is 5.82 Å². The Morgan fingerprint density at radius 1 is 1.07 bits per heavy atom. The molecular weight excluding hydrogens is 363 g/mol. The Morgan fingerprint density at radius 2 is 1.85 bits per heavy atom. The molecule has 1 amide bonds. The molecule has 0 radical (unpaired) electrons. The van der Waals surface area contributed by atoms with Gasteiger partial charge in [0.15, 0.2) is 0 Å². The topological polar surface area (TPSA) is 49.3 Å². The van der Waals surface area contributed by atoms with Crippen LogP contribution in [0.1, 0.15) is 5.69 Å². The van der Waals surface area contributed by atoms with Gasteiger partial charge < -0.3 is 9.80 Å². The van der Waals surface area contributed by atoms with Crippen LogP contribution in [0.15, 0.2) is 54.0 Å². The summed E-state index contributed by atoms with van der Waals surface area (Å²) in [5, 5.41) is 2.44. The molecule has 1 saturated heterocycles. The number of hydrogen-bond donors (Lipinski definition) is 0. The monoisotopic (exact) mass is 382 g/mol. The van der Waals surface area contributed by atoms with Crippen molar-refractivity contribution < 1.29 is 9.18 Å². The van der Waals surface area contributed by atoms with Gasteiger partial charge in [-0.1, -0.05) is 18.2 Å². The Balaban J connectivity index is 1.36. The molecule has 2 aromatic heterocycles. The van der Waals surface area contributed by atoms with Gasteiger partial charge in [0.25, 0.3) is 0 Å². The number of benzene rings is 1. The first-order chi connectivity index (χ1) is 13.2. The van der Waals surface area contributed by atoms with Crippen molar-refractivity contribution in [2.24, 2.45) is 0 Å². The van der Waals surface area contributed by atoms with Crippen molar-refractivity contribution in [2.75, 3.05) is 31.1 Å². The molecule has 27 heavy (non-hydrogen) atoms. The summed E-state index contributed by atoms with van der Waals surface area (Å²) < 4.78 is 13.9. The Morgan fingerprint density at radius 3 is 2.59 bits per heavy atom. The van der Waals surface area contributed by atoms with Gasteiger partial charge in [-0.25, -0.2) is 14.4 Å². The number of anilines is 1. The number of piperazine rings is 1. The van der Waals surface area contributed by atoms with Crippen LogP contribution < -0.4 is 4.90 Å². The Hall–Kier alpha value is -2.80. The molecule has 1 aliphatic heterocycles. The molecule has 1 aliphatic rings. The minimum atomic E-state index is -0.296. The van der Waals surface area contributed by atoms with Gasteiger partial charge in [0.1, 0.15) is 16.6 Å². The number of hydrogen-bond acceptors (Lipinski definition) is 5. The van der Waals surface area contributed by atoms with Crippen molar-refractivity contribution in [2.45, 2.75) is 6.42 Å². The van der Waals surface area contributed by atoms with Crippen molar-refractivity contribution in [1.82, 2.24) is 14.9 Å². The maximum absolute atomic E-state index is 13.9. The highest BCUT2D eigenvalue weighted by Gasteiger charge is 2.22. The normalized spacial score (nSPS) is 14.4. The second-order valence-corrected chi connectivity index (χ2v) is 7.21. The van der Waals surface area contributed by atoms with Gasteiger partial charge in [-0.05, 0) is 24.3 Å². The van der Waals surface area contributed by atoms with Crippen molar-refractivity contribution in [3.8, 4) is 10.6 Å². The lowest BCUT2D eigenvalue weighted by Gasteiger charge is -2.35. The van der Waals surface area contributed by atoms with E-state index in [-0.39, 0.29) is 18.1 Å². The number of amides is 1. The minimum Gasteiger partial charge on any atom is -0.353 e. The number of halogens is 1. The van der Waals surface area contributed by atoms with E-state index in [1.807, 2.05) is 28.5 Å². The average molecular weight is 382 g/mol. The summed E-state index contributed by atoms with van der Waals surface area (Å²) in [4.78, 5) is 25.5. The second-order valence-electron chi connectivity index (χ2n) is 6.36. The summed E-state index contributed by atoms with van der Waals surface area (Å²) in [5.74, 6) is 0.704. The van der Waals surface area contributed by atoms with Gasteiger partial charge in [0.05, 0.1) is 12.1 Å². The molecule has 138 valence electrons. The molecule has 4 rings (SSSR count). The molecule has 5 nitrogen and oxygen atoms in total. The van der Waals surface area contributed by atoms with Crippen molar-refractivity contribution in [1.29, 1.82) is 0 Å². The van der Waals surface area contributed by atoms with E-state index in [9.17, 15) is 9.18 Å². The van der Waals surface area contributed by atoms with Crippen LogP contribution in [0.4, 0.5) is 10.2 Å². The number of carbonyl (C=O) groups excluding carboxylic acids is 1. The Bertz CT molecular complexity index is 922. The van der Waals surface area contributed by atoms with Gasteiger partial charge in [0.2, 0.25) is 5.91 Å². The number of carbonyl (C=O) groups is 1. The average Bonchev–Trinajstić information content (AvgIpc) is 3.17. The highest BCUT2D eigenvalue weighted by molar-refractivity contribution is 7.13. The van der Waals surface area contributed by atoms with Gasteiger partial charge >= 0.3 is 0 Å². The fourth-order valence-electron chi connectivity index (χ4n) is 3.14. The van der Waals surface area contributed by atoms with E-state index in [1.54, 1.807) is 24.4 Å². The minimum absolute atomic E-state index is 0.0565. The first-order valence-corrected chi connectivity index (χ1v) is 9.72. The van der Waals surface area contributed by atoms with Crippen LogP contribution in [0.3, 0.4) is 0 Å². The third-order valence-electron chi connectivity index (χ3n) is 4.59. The first kappa shape index (κ1) is 17.6. The molecule has 0 saturated carbocycles. The lowest BCUT2D eigenvalue weighted by Crippen LogP contribution is -2.49. The van der Waals surface area contributed by atoms with Crippen LogP contribution in [0.2, 0.25) is 0 Å². The van der Waals surface area contributed by atoms with Crippen molar-refractivity contribution in [3.05, 3.63) is 65.6 Å². The molecule has 7 heteroatoms. The van der Waals surface area contributed by atoms with E-state index >= 15 is 0 Å². The summed E-state index contributed by atoms with van der Waals surface area (Å²) in [5.41, 5.74) is 1.17. The highest BCUT2D eigenvalue weighted by Crippen LogP contribution is 2.26. The van der Waals surface area contributed by atoms with E-state index in [1.165, 1.54) is 17.4 Å². The molecular formula is C20H19FN4OS. The molecule has 0 atom stereocenters. The Labute approximate surface area is 161 Å². The molecule has 0 spiro atoms. The second kappa shape index (κ2) is 7.84. The molecule has 0 unspecified atom stereocenters. The molecule has 3 heterocycles. The smallest absolute Gasteiger partial charge is 0.228 e. The number of aromatic nitrogens is 2. The molecule has 1 fully saturated rings. The number of pyridine rings is 1. The SMILES string of the molecule is O=C(Cc1csc(-c2ccccc2F)n1)N1CCN(c2ccccn2)CC1. The first-order valence-electron chi connectivity index (χ1n) is 8.84. The van der Waals surface area contributed by atoms with Crippen LogP contribution >= 0.6 is 11.3 Å². The summed E-state index contributed by atoms with van der Waals surface area (Å²) >= 11 is 1.36. The fourth-order valence-corrected chi connectivity index (χ4v) is 3.99.